The van der Waals surface area contributed by atoms with Crippen LogP contribution >= 0.6 is 0 Å². The molecule has 0 aliphatic heterocycles. The predicted molar refractivity (Wildman–Crippen MR) is 75.8 cm³/mol. The Labute approximate surface area is 114 Å². The first-order valence-electron chi connectivity index (χ1n) is 6.49. The number of phenolic OH excluding ortho intramolecular Hbond substituents is 1. The van der Waals surface area contributed by atoms with Gasteiger partial charge in [-0.1, -0.05) is 42.5 Å². The van der Waals surface area contributed by atoms with Crippen molar-refractivity contribution >= 4 is 0 Å². The molecule has 0 fully saturated rings. The van der Waals surface area contributed by atoms with Gasteiger partial charge in [0.25, 0.3) is 0 Å². The monoisotopic (exact) mass is 251 g/mol. The van der Waals surface area contributed by atoms with E-state index in [2.05, 4.69) is 18.2 Å². The Bertz CT molecular complexity index is 540. The van der Waals surface area contributed by atoms with Crippen molar-refractivity contribution < 1.29 is 5.11 Å². The first kappa shape index (κ1) is 13.2. The molecule has 19 heavy (non-hydrogen) atoms. The third-order valence-electron chi connectivity index (χ3n) is 3.29. The molecular weight excluding hydrogens is 234 g/mol. The molecule has 0 saturated carbocycles. The number of aromatic hydroxyl groups is 1. The lowest BCUT2D eigenvalue weighted by atomic mass is 9.88. The number of nitriles is 1. The lowest BCUT2D eigenvalue weighted by Crippen LogP contribution is -2.03. The summed E-state index contributed by atoms with van der Waals surface area (Å²) in [6.07, 6.45) is 2.32. The number of benzene rings is 2. The van der Waals surface area contributed by atoms with E-state index in [1.54, 1.807) is 12.1 Å². The molecule has 2 aromatic rings. The number of hydrogen-bond donors (Lipinski definition) is 1. The second-order valence-corrected chi connectivity index (χ2v) is 4.67. The molecular formula is C17H17NO. The van der Waals surface area contributed by atoms with Crippen molar-refractivity contribution in [3.63, 3.8) is 0 Å². The van der Waals surface area contributed by atoms with Crippen LogP contribution in [0.15, 0.2) is 54.6 Å². The van der Waals surface area contributed by atoms with Crippen molar-refractivity contribution in [3.05, 3.63) is 65.7 Å². The summed E-state index contributed by atoms with van der Waals surface area (Å²) in [7, 11) is 0. The van der Waals surface area contributed by atoms with E-state index in [0.29, 0.717) is 12.3 Å². The van der Waals surface area contributed by atoms with Crippen LogP contribution in [0.1, 0.15) is 29.9 Å². The van der Waals surface area contributed by atoms with Crippen molar-refractivity contribution in [1.82, 2.24) is 0 Å². The summed E-state index contributed by atoms with van der Waals surface area (Å²) in [6, 6.07) is 19.8. The fraction of sp³-hybridized carbons (Fsp3) is 0.235. The molecule has 1 N–H and O–H groups in total. The average Bonchev–Trinajstić information content (AvgIpc) is 2.46. The third kappa shape index (κ3) is 3.86. The maximum Gasteiger partial charge on any atom is 0.115 e. The number of hydrogen-bond acceptors (Lipinski definition) is 2. The fourth-order valence-corrected chi connectivity index (χ4v) is 2.27. The molecule has 0 aliphatic carbocycles. The van der Waals surface area contributed by atoms with Crippen molar-refractivity contribution in [2.24, 2.45) is 0 Å². The minimum atomic E-state index is 0.289. The zero-order chi connectivity index (χ0) is 13.5. The van der Waals surface area contributed by atoms with Crippen molar-refractivity contribution in [3.8, 4) is 11.8 Å². The minimum absolute atomic E-state index is 0.289. The molecule has 0 aliphatic rings. The van der Waals surface area contributed by atoms with Gasteiger partial charge in [0, 0.05) is 6.42 Å². The summed E-state index contributed by atoms with van der Waals surface area (Å²) in [5.74, 6) is 0.641. The van der Waals surface area contributed by atoms with Gasteiger partial charge in [-0.05, 0) is 42.0 Å². The maximum absolute atomic E-state index is 9.31. The molecule has 0 heterocycles. The summed E-state index contributed by atoms with van der Waals surface area (Å²) in [5, 5.41) is 18.1. The maximum atomic E-state index is 9.31. The van der Waals surface area contributed by atoms with Crippen LogP contribution in [-0.4, -0.2) is 5.11 Å². The number of rotatable bonds is 5. The Morgan fingerprint density at radius 1 is 1.00 bits per heavy atom. The highest BCUT2D eigenvalue weighted by molar-refractivity contribution is 5.29. The quantitative estimate of drug-likeness (QED) is 0.872. The molecule has 0 radical (unpaired) electrons. The predicted octanol–water partition coefficient (Wildman–Crippen LogP) is 4.02. The minimum Gasteiger partial charge on any atom is -0.508 e. The Hall–Kier alpha value is -2.27. The molecule has 0 aromatic heterocycles. The zero-order valence-corrected chi connectivity index (χ0v) is 10.8. The molecule has 2 heteroatoms. The lowest BCUT2D eigenvalue weighted by molar-refractivity contribution is 0.475. The van der Waals surface area contributed by atoms with Crippen LogP contribution in [0.3, 0.4) is 0 Å². The van der Waals surface area contributed by atoms with E-state index >= 15 is 0 Å². The lowest BCUT2D eigenvalue weighted by Gasteiger charge is -2.16. The van der Waals surface area contributed by atoms with Crippen LogP contribution in [0.25, 0.3) is 0 Å². The average molecular weight is 251 g/mol. The van der Waals surface area contributed by atoms with Gasteiger partial charge in [-0.2, -0.15) is 5.26 Å². The second kappa shape index (κ2) is 6.61. The van der Waals surface area contributed by atoms with E-state index in [1.807, 2.05) is 30.3 Å². The van der Waals surface area contributed by atoms with Crippen molar-refractivity contribution in [1.29, 1.82) is 5.26 Å². The Morgan fingerprint density at radius 2 is 1.68 bits per heavy atom. The van der Waals surface area contributed by atoms with Crippen LogP contribution in [0, 0.1) is 11.3 Å². The highest BCUT2D eigenvalue weighted by Gasteiger charge is 2.12. The Kier molecular flexibility index (Phi) is 4.58. The van der Waals surface area contributed by atoms with E-state index < -0.39 is 0 Å². The van der Waals surface area contributed by atoms with Gasteiger partial charge >= 0.3 is 0 Å². The van der Waals surface area contributed by atoms with Crippen LogP contribution in [0.5, 0.6) is 5.75 Å². The van der Waals surface area contributed by atoms with Gasteiger partial charge < -0.3 is 5.11 Å². The zero-order valence-electron chi connectivity index (χ0n) is 10.8. The normalized spacial score (nSPS) is 11.7. The number of phenols is 1. The first-order chi connectivity index (χ1) is 9.29. The largest absolute Gasteiger partial charge is 0.508 e. The summed E-state index contributed by atoms with van der Waals surface area (Å²) in [4.78, 5) is 0. The van der Waals surface area contributed by atoms with E-state index in [9.17, 15) is 5.11 Å². The second-order valence-electron chi connectivity index (χ2n) is 4.67. The molecule has 0 bridgehead atoms. The Morgan fingerprint density at radius 3 is 2.32 bits per heavy atom. The van der Waals surface area contributed by atoms with Gasteiger partial charge in [0.1, 0.15) is 5.75 Å². The summed E-state index contributed by atoms with van der Waals surface area (Å²) < 4.78 is 0. The van der Waals surface area contributed by atoms with Gasteiger partial charge in [-0.25, -0.2) is 0 Å². The van der Waals surface area contributed by atoms with Gasteiger partial charge in [0.2, 0.25) is 0 Å². The Balaban J connectivity index is 2.14. The standard InChI is InChI=1S/C17H17NO/c18-12-4-7-16(15-5-2-1-3-6-15)13-14-8-10-17(19)11-9-14/h1-3,5-6,8-11,16,19H,4,7,13H2/t16-/m1/s1. The summed E-state index contributed by atoms with van der Waals surface area (Å²) >= 11 is 0. The van der Waals surface area contributed by atoms with Crippen LogP contribution < -0.4 is 0 Å². The highest BCUT2D eigenvalue weighted by atomic mass is 16.3. The van der Waals surface area contributed by atoms with Crippen LogP contribution in [0.4, 0.5) is 0 Å². The summed E-state index contributed by atoms with van der Waals surface area (Å²) in [5.41, 5.74) is 2.45. The van der Waals surface area contributed by atoms with E-state index in [4.69, 9.17) is 5.26 Å². The van der Waals surface area contributed by atoms with E-state index in [0.717, 1.165) is 12.8 Å². The molecule has 0 spiro atoms. The van der Waals surface area contributed by atoms with Gasteiger partial charge in [0.15, 0.2) is 0 Å². The molecule has 2 nitrogen and oxygen atoms in total. The van der Waals surface area contributed by atoms with Gasteiger partial charge in [-0.3, -0.25) is 0 Å². The van der Waals surface area contributed by atoms with Crippen molar-refractivity contribution in [2.45, 2.75) is 25.2 Å². The van der Waals surface area contributed by atoms with Gasteiger partial charge in [0.05, 0.1) is 6.07 Å². The highest BCUT2D eigenvalue weighted by Crippen LogP contribution is 2.26. The molecule has 0 unspecified atom stereocenters. The smallest absolute Gasteiger partial charge is 0.115 e. The molecule has 0 saturated heterocycles. The number of nitrogens with zero attached hydrogens (tertiary/aromatic N) is 1. The molecule has 2 rings (SSSR count). The SMILES string of the molecule is N#CCC[C@H](Cc1ccc(O)cc1)c1ccccc1. The molecule has 1 atom stereocenters. The molecule has 2 aromatic carbocycles. The summed E-state index contributed by atoms with van der Waals surface area (Å²) in [6.45, 7) is 0. The van der Waals surface area contributed by atoms with Crippen LogP contribution in [0.2, 0.25) is 0 Å². The van der Waals surface area contributed by atoms with Crippen LogP contribution in [-0.2, 0) is 6.42 Å². The topological polar surface area (TPSA) is 44.0 Å². The fourth-order valence-electron chi connectivity index (χ4n) is 2.27. The van der Waals surface area contributed by atoms with Gasteiger partial charge in [-0.15, -0.1) is 0 Å². The first-order valence-corrected chi connectivity index (χ1v) is 6.49. The van der Waals surface area contributed by atoms with E-state index in [-0.39, 0.29) is 5.75 Å². The third-order valence-corrected chi connectivity index (χ3v) is 3.29. The van der Waals surface area contributed by atoms with Crippen molar-refractivity contribution in [2.75, 3.05) is 0 Å². The molecule has 0 amide bonds. The molecule has 96 valence electrons. The van der Waals surface area contributed by atoms with E-state index in [1.165, 1.54) is 11.1 Å².